The molecule has 1 fully saturated rings. The summed E-state index contributed by atoms with van der Waals surface area (Å²) in [7, 11) is 0. The summed E-state index contributed by atoms with van der Waals surface area (Å²) in [6.07, 6.45) is -2.06. The van der Waals surface area contributed by atoms with Crippen LogP contribution in [-0.2, 0) is 14.2 Å². The molecule has 3 rings (SSSR count). The summed E-state index contributed by atoms with van der Waals surface area (Å²) in [6, 6.07) is 0. The molecule has 0 amide bonds. The zero-order valence-corrected chi connectivity index (χ0v) is 16.8. The fourth-order valence-corrected chi connectivity index (χ4v) is 3.81. The van der Waals surface area contributed by atoms with E-state index in [0.717, 1.165) is 11.3 Å². The largest absolute Gasteiger partial charge is 0.477 e. The molecule has 3 N–H and O–H groups in total. The first-order chi connectivity index (χ1) is 13.3. The van der Waals surface area contributed by atoms with Crippen LogP contribution in [-0.4, -0.2) is 51.2 Å². The summed E-state index contributed by atoms with van der Waals surface area (Å²) in [6.45, 7) is 9.69. The molecule has 10 nitrogen and oxygen atoms in total. The quantitative estimate of drug-likeness (QED) is 0.618. The Morgan fingerprint density at radius 2 is 2.25 bits per heavy atom. The van der Waals surface area contributed by atoms with Crippen molar-refractivity contribution in [3.63, 3.8) is 0 Å². The van der Waals surface area contributed by atoms with E-state index >= 15 is 0 Å². The second kappa shape index (κ2) is 8.33. The van der Waals surface area contributed by atoms with Gasteiger partial charge in [-0.15, -0.1) is 0 Å². The molecule has 1 aliphatic heterocycles. The van der Waals surface area contributed by atoms with E-state index in [1.165, 1.54) is 4.57 Å². The Kier molecular flexibility index (Phi) is 6.06. The number of anilines is 1. The van der Waals surface area contributed by atoms with E-state index in [1.54, 1.807) is 6.92 Å². The van der Waals surface area contributed by atoms with Crippen molar-refractivity contribution in [2.75, 3.05) is 18.9 Å². The fourth-order valence-electron chi connectivity index (χ4n) is 2.92. The second-order valence-corrected chi connectivity index (χ2v) is 7.47. The summed E-state index contributed by atoms with van der Waals surface area (Å²) in [5.74, 6) is 0.383. The number of nitrogens with zero attached hydrogens (tertiary/aromatic N) is 3. The van der Waals surface area contributed by atoms with Crippen LogP contribution >= 0.6 is 11.3 Å². The Morgan fingerprint density at radius 1 is 1.50 bits per heavy atom. The molecule has 154 valence electrons. The van der Waals surface area contributed by atoms with E-state index in [0.29, 0.717) is 11.3 Å². The van der Waals surface area contributed by atoms with E-state index in [2.05, 4.69) is 16.5 Å². The average Bonchev–Trinajstić information content (AvgIpc) is 3.11. The third kappa shape index (κ3) is 4.21. The maximum atomic E-state index is 12.6. The number of ether oxygens (including phenoxy) is 4. The fraction of sp³-hybridized carbons (Fsp3) is 0.588. The average molecular weight is 412 g/mol. The topological polar surface area (TPSA) is 131 Å². The van der Waals surface area contributed by atoms with Crippen molar-refractivity contribution in [2.45, 2.75) is 51.7 Å². The lowest BCUT2D eigenvalue weighted by molar-refractivity contribution is -0.0722. The third-order valence-corrected chi connectivity index (χ3v) is 4.88. The van der Waals surface area contributed by atoms with E-state index in [1.807, 2.05) is 13.8 Å². The summed E-state index contributed by atoms with van der Waals surface area (Å²) < 4.78 is 23.8. The number of aromatic nitrogens is 3. The number of fused-ring (bicyclic) bond motifs is 1. The van der Waals surface area contributed by atoms with Crippen LogP contribution in [0.15, 0.2) is 17.3 Å². The molecule has 0 saturated carbocycles. The maximum Gasteiger partial charge on any atom is 0.311 e. The lowest BCUT2D eigenvalue weighted by Crippen LogP contribution is -2.27. The Hall–Kier alpha value is -2.37. The molecule has 0 unspecified atom stereocenters. The van der Waals surface area contributed by atoms with Gasteiger partial charge in [-0.3, -0.25) is 9.36 Å². The van der Waals surface area contributed by atoms with Gasteiger partial charge in [0.1, 0.15) is 17.4 Å². The molecule has 0 aliphatic carbocycles. The van der Waals surface area contributed by atoms with Crippen LogP contribution in [0.4, 0.5) is 5.95 Å². The first kappa shape index (κ1) is 20.4. The molecule has 11 heteroatoms. The molecular weight excluding hydrogens is 388 g/mol. The van der Waals surface area contributed by atoms with Gasteiger partial charge in [0, 0.05) is 6.42 Å². The summed E-state index contributed by atoms with van der Waals surface area (Å²) in [4.78, 5) is 20.4. The van der Waals surface area contributed by atoms with Gasteiger partial charge in [-0.1, -0.05) is 11.3 Å². The predicted molar refractivity (Wildman–Crippen MR) is 103 cm³/mol. The van der Waals surface area contributed by atoms with Crippen molar-refractivity contribution in [3.8, 4) is 5.88 Å². The molecule has 1 aliphatic rings. The van der Waals surface area contributed by atoms with Crippen molar-refractivity contribution >= 4 is 27.6 Å². The molecule has 0 bridgehead atoms. The Balaban J connectivity index is 1.82. The molecule has 1 saturated heterocycles. The number of rotatable bonds is 8. The minimum absolute atomic E-state index is 0.0306. The summed E-state index contributed by atoms with van der Waals surface area (Å²) in [5, 5.41) is 10.5. The van der Waals surface area contributed by atoms with Crippen LogP contribution in [0.25, 0.3) is 10.3 Å². The molecule has 0 aromatic carbocycles. The van der Waals surface area contributed by atoms with Crippen molar-refractivity contribution in [1.29, 1.82) is 0 Å². The molecule has 0 spiro atoms. The number of thiazole rings is 1. The minimum atomic E-state index is -0.921. The van der Waals surface area contributed by atoms with Crippen LogP contribution in [0.2, 0.25) is 0 Å². The lowest BCUT2D eigenvalue weighted by Gasteiger charge is -2.18. The highest BCUT2D eigenvalue weighted by Crippen LogP contribution is 2.34. The Labute approximate surface area is 165 Å². The summed E-state index contributed by atoms with van der Waals surface area (Å²) >= 11 is 0.915. The van der Waals surface area contributed by atoms with Gasteiger partial charge in [0.15, 0.2) is 11.9 Å². The first-order valence-corrected chi connectivity index (χ1v) is 9.75. The number of nitrogens with two attached hydrogens (primary N) is 1. The third-order valence-electron chi connectivity index (χ3n) is 3.95. The van der Waals surface area contributed by atoms with E-state index in [9.17, 15) is 9.90 Å². The SMILES string of the molecule is C=C(OC[C@@H]1C[C@@H](O)[C@H](n2c(=O)sc3c(OCC)nc(N)nc32)O1)OC(C)C. The van der Waals surface area contributed by atoms with E-state index in [-0.39, 0.29) is 47.4 Å². The molecule has 3 heterocycles. The highest BCUT2D eigenvalue weighted by molar-refractivity contribution is 7.16. The predicted octanol–water partition coefficient (Wildman–Crippen LogP) is 1.40. The standard InChI is InChI=1S/C17H24N4O6S/c1-5-24-14-12-13(19-16(18)20-14)21(17(23)28-12)15-11(22)6-10(27-15)7-25-9(4)26-8(2)3/h8,10-11,15,22H,4-7H2,1-3H3,(H2,18,19,20)/t10-,11+,15+/m0/s1. The van der Waals surface area contributed by atoms with Gasteiger partial charge in [0.05, 0.1) is 18.8 Å². The molecular formula is C17H24N4O6S. The number of nitrogen functional groups attached to an aromatic ring is 1. The number of aliphatic hydroxyl groups excluding tert-OH is 1. The van der Waals surface area contributed by atoms with Crippen LogP contribution in [0.1, 0.15) is 33.4 Å². The van der Waals surface area contributed by atoms with E-state index < -0.39 is 18.4 Å². The molecule has 2 aromatic rings. The molecule has 2 aromatic heterocycles. The van der Waals surface area contributed by atoms with Crippen molar-refractivity contribution in [2.24, 2.45) is 0 Å². The molecule has 28 heavy (non-hydrogen) atoms. The van der Waals surface area contributed by atoms with Crippen LogP contribution < -0.4 is 15.3 Å². The van der Waals surface area contributed by atoms with Gasteiger partial charge >= 0.3 is 4.87 Å². The summed E-state index contributed by atoms with van der Waals surface area (Å²) in [5.41, 5.74) is 6.02. The zero-order chi connectivity index (χ0) is 20.4. The zero-order valence-electron chi connectivity index (χ0n) is 16.0. The van der Waals surface area contributed by atoms with Crippen molar-refractivity contribution in [1.82, 2.24) is 14.5 Å². The van der Waals surface area contributed by atoms with Gasteiger partial charge < -0.3 is 29.8 Å². The van der Waals surface area contributed by atoms with Crippen molar-refractivity contribution in [3.05, 3.63) is 22.2 Å². The van der Waals surface area contributed by atoms with Gasteiger partial charge in [-0.2, -0.15) is 9.97 Å². The maximum absolute atomic E-state index is 12.6. The van der Waals surface area contributed by atoms with Gasteiger partial charge in [0.2, 0.25) is 11.8 Å². The van der Waals surface area contributed by atoms with Crippen LogP contribution in [0.3, 0.4) is 0 Å². The van der Waals surface area contributed by atoms with Gasteiger partial charge in [0.25, 0.3) is 5.95 Å². The Morgan fingerprint density at radius 3 is 2.93 bits per heavy atom. The highest BCUT2D eigenvalue weighted by atomic mass is 32.1. The Bertz CT molecular complexity index is 911. The minimum Gasteiger partial charge on any atom is -0.477 e. The molecule has 0 radical (unpaired) electrons. The smallest absolute Gasteiger partial charge is 0.311 e. The normalized spacial score (nSPS) is 22.0. The highest BCUT2D eigenvalue weighted by Gasteiger charge is 2.38. The number of hydrogen-bond donors (Lipinski definition) is 2. The van der Waals surface area contributed by atoms with Crippen LogP contribution in [0.5, 0.6) is 5.88 Å². The monoisotopic (exact) mass is 412 g/mol. The molecule has 3 atom stereocenters. The van der Waals surface area contributed by atoms with Gasteiger partial charge in [-0.25, -0.2) is 0 Å². The first-order valence-electron chi connectivity index (χ1n) is 8.93. The number of aliphatic hydroxyl groups is 1. The second-order valence-electron chi connectivity index (χ2n) is 6.51. The van der Waals surface area contributed by atoms with Crippen molar-refractivity contribution < 1.29 is 24.1 Å². The van der Waals surface area contributed by atoms with E-state index in [4.69, 9.17) is 24.7 Å². The lowest BCUT2D eigenvalue weighted by atomic mass is 10.2. The number of hydrogen-bond acceptors (Lipinski definition) is 10. The van der Waals surface area contributed by atoms with Crippen LogP contribution in [0, 0.1) is 0 Å². The van der Waals surface area contributed by atoms with Gasteiger partial charge in [-0.05, 0) is 27.4 Å².